The molecule has 0 heterocycles. The molecule has 0 saturated carbocycles. The largest absolute Gasteiger partial charge is 2.00 e. The summed E-state index contributed by atoms with van der Waals surface area (Å²) in [7, 11) is 3.71. The van der Waals surface area contributed by atoms with Gasteiger partial charge in [0.25, 0.3) is 0 Å². The third kappa shape index (κ3) is 40.7. The number of alkyl halides is 6. The number of aliphatic carboxylic acids is 2. The molecule has 0 spiro atoms. The molecular formula is C14H26BaF6N2O8. The molecule has 0 fully saturated rings. The van der Waals surface area contributed by atoms with Gasteiger partial charge in [0.05, 0.1) is 26.4 Å². The van der Waals surface area contributed by atoms with Gasteiger partial charge in [-0.25, -0.2) is 0 Å². The van der Waals surface area contributed by atoms with Crippen molar-refractivity contribution < 1.29 is 66.6 Å². The maximum absolute atomic E-state index is 10.5. The van der Waals surface area contributed by atoms with Crippen LogP contribution in [-0.4, -0.2) is 170 Å². The van der Waals surface area contributed by atoms with E-state index in [0.717, 1.165) is 0 Å². The molecular weight excluding hydrogens is 575 g/mol. The monoisotopic (exact) mass is 602 g/mol. The minimum Gasteiger partial charge on any atom is -0.542 e. The first kappa shape index (κ1) is 41.1. The van der Waals surface area contributed by atoms with Crippen LogP contribution in [0.15, 0.2) is 0 Å². The SMILES string of the molecule is CN(CCO)CCO.CN(CCO)CCO.O=C([O-])C(F)(F)F.O=C([O-])C(F)(F)F.[Ba+2]. The van der Waals surface area contributed by atoms with E-state index >= 15 is 0 Å². The van der Waals surface area contributed by atoms with Crippen molar-refractivity contribution in [3.05, 3.63) is 0 Å². The van der Waals surface area contributed by atoms with Crippen LogP contribution in [0.5, 0.6) is 0 Å². The number of rotatable bonds is 8. The minimum atomic E-state index is -5.19. The maximum Gasteiger partial charge on any atom is 2.00 e. The van der Waals surface area contributed by atoms with Crippen molar-refractivity contribution in [1.29, 1.82) is 0 Å². The summed E-state index contributed by atoms with van der Waals surface area (Å²) in [5.74, 6) is -6.01. The number of likely N-dealkylation sites (N-methyl/N-ethyl adjacent to an activating group) is 2. The predicted molar refractivity (Wildman–Crippen MR) is 91.2 cm³/mol. The number of halogens is 6. The predicted octanol–water partition coefficient (Wildman–Crippen LogP) is -3.98. The Labute approximate surface area is 215 Å². The Morgan fingerprint density at radius 1 is 0.645 bits per heavy atom. The summed E-state index contributed by atoms with van der Waals surface area (Å²) in [6.45, 7) is 3.21. The first-order valence-electron chi connectivity index (χ1n) is 7.87. The number of carboxylic acid groups (broad SMARTS) is 2. The molecule has 10 nitrogen and oxygen atoms in total. The smallest absolute Gasteiger partial charge is 0.542 e. The molecule has 0 aliphatic carbocycles. The van der Waals surface area contributed by atoms with Crippen LogP contribution in [0.2, 0.25) is 0 Å². The van der Waals surface area contributed by atoms with Gasteiger partial charge in [-0.1, -0.05) is 0 Å². The molecule has 0 unspecified atom stereocenters. The Morgan fingerprint density at radius 3 is 0.839 bits per heavy atom. The van der Waals surface area contributed by atoms with E-state index in [-0.39, 0.29) is 75.3 Å². The summed E-state index contributed by atoms with van der Waals surface area (Å²) in [6.07, 6.45) is -10.4. The summed E-state index contributed by atoms with van der Waals surface area (Å²) < 4.78 is 63.1. The van der Waals surface area contributed by atoms with Gasteiger partial charge in [0.2, 0.25) is 0 Å². The second-order valence-corrected chi connectivity index (χ2v) is 5.07. The molecule has 0 aliphatic heterocycles. The fraction of sp³-hybridized carbons (Fsp3) is 0.857. The van der Waals surface area contributed by atoms with Gasteiger partial charge in [0, 0.05) is 26.2 Å². The second-order valence-electron chi connectivity index (χ2n) is 5.07. The second kappa shape index (κ2) is 24.5. The van der Waals surface area contributed by atoms with Gasteiger partial charge in [-0.05, 0) is 14.1 Å². The molecule has 0 radical (unpaired) electrons. The maximum atomic E-state index is 10.5. The first-order valence-corrected chi connectivity index (χ1v) is 7.87. The van der Waals surface area contributed by atoms with Gasteiger partial charge < -0.3 is 50.0 Å². The van der Waals surface area contributed by atoms with Crippen LogP contribution in [0.4, 0.5) is 26.3 Å². The van der Waals surface area contributed by atoms with E-state index in [1.807, 2.05) is 23.9 Å². The Morgan fingerprint density at radius 2 is 0.774 bits per heavy atom. The van der Waals surface area contributed by atoms with Crippen molar-refractivity contribution >= 4 is 60.8 Å². The Balaban J connectivity index is -0.0000000961. The number of carbonyl (C=O) groups excluding carboxylic acids is 2. The molecule has 0 bridgehead atoms. The fourth-order valence-electron chi connectivity index (χ4n) is 0.906. The van der Waals surface area contributed by atoms with Gasteiger partial charge >= 0.3 is 61.2 Å². The van der Waals surface area contributed by atoms with Gasteiger partial charge in [0.1, 0.15) is 11.9 Å². The Kier molecular flexibility index (Phi) is 32.5. The number of hydrogen-bond acceptors (Lipinski definition) is 10. The molecule has 0 aromatic heterocycles. The summed E-state index contributed by atoms with van der Waals surface area (Å²) in [4.78, 5) is 21.3. The van der Waals surface area contributed by atoms with Gasteiger partial charge in [-0.2, -0.15) is 26.3 Å². The van der Waals surface area contributed by atoms with Crippen LogP contribution in [0.1, 0.15) is 0 Å². The van der Waals surface area contributed by atoms with Crippen LogP contribution in [0.25, 0.3) is 0 Å². The first-order chi connectivity index (χ1) is 13.5. The van der Waals surface area contributed by atoms with Gasteiger partial charge in [-0.15, -0.1) is 0 Å². The normalized spacial score (nSPS) is 10.5. The molecule has 0 rings (SSSR count). The molecule has 0 saturated heterocycles. The number of hydrogen-bond donors (Lipinski definition) is 4. The number of aliphatic hydroxyl groups is 4. The zero-order chi connectivity index (χ0) is 25.0. The van der Waals surface area contributed by atoms with Crippen molar-refractivity contribution in [1.82, 2.24) is 9.80 Å². The molecule has 184 valence electrons. The van der Waals surface area contributed by atoms with Crippen molar-refractivity contribution in [3.8, 4) is 0 Å². The molecule has 0 amide bonds. The van der Waals surface area contributed by atoms with E-state index in [0.29, 0.717) is 26.2 Å². The van der Waals surface area contributed by atoms with Gasteiger partial charge in [-0.3, -0.25) is 0 Å². The van der Waals surface area contributed by atoms with Crippen molar-refractivity contribution in [2.24, 2.45) is 0 Å². The Bertz CT molecular complexity index is 381. The molecule has 31 heavy (non-hydrogen) atoms. The summed E-state index contributed by atoms with van der Waals surface area (Å²) in [5, 5.41) is 50.9. The molecule has 17 heteroatoms. The van der Waals surface area contributed by atoms with Crippen LogP contribution in [0, 0.1) is 0 Å². The number of nitrogens with zero attached hydrogens (tertiary/aromatic N) is 2. The van der Waals surface area contributed by atoms with Crippen LogP contribution < -0.4 is 10.2 Å². The number of carboxylic acids is 2. The fourth-order valence-corrected chi connectivity index (χ4v) is 0.906. The van der Waals surface area contributed by atoms with Crippen molar-refractivity contribution in [3.63, 3.8) is 0 Å². The van der Waals surface area contributed by atoms with Crippen molar-refractivity contribution in [2.45, 2.75) is 12.4 Å². The third-order valence-corrected chi connectivity index (χ3v) is 2.39. The minimum absolute atomic E-state index is 0. The van der Waals surface area contributed by atoms with E-state index in [1.165, 1.54) is 0 Å². The van der Waals surface area contributed by atoms with E-state index in [4.69, 9.17) is 40.2 Å². The molecule has 0 aromatic rings. The van der Waals surface area contributed by atoms with E-state index in [9.17, 15) is 26.3 Å². The van der Waals surface area contributed by atoms with Crippen LogP contribution in [-0.2, 0) is 9.59 Å². The molecule has 0 aromatic carbocycles. The van der Waals surface area contributed by atoms with E-state index in [2.05, 4.69) is 0 Å². The third-order valence-electron chi connectivity index (χ3n) is 2.39. The molecule has 4 N–H and O–H groups in total. The molecule has 0 atom stereocenters. The van der Waals surface area contributed by atoms with Crippen LogP contribution >= 0.6 is 0 Å². The summed E-state index contributed by atoms with van der Waals surface area (Å²) in [5.41, 5.74) is 0. The van der Waals surface area contributed by atoms with E-state index < -0.39 is 24.3 Å². The summed E-state index contributed by atoms with van der Waals surface area (Å²) in [6, 6.07) is 0. The standard InChI is InChI=1S/2C5H13NO2.2C2HF3O2.Ba/c2*1-6(2-4-7)3-5-8;2*3-2(4,5)1(6)7;/h2*7-8H,2-5H2,1H3;2*(H,6,7);/q;;;;+2/p-2. The van der Waals surface area contributed by atoms with E-state index in [1.54, 1.807) is 0 Å². The number of aliphatic hydroxyl groups excluding tert-OH is 4. The zero-order valence-corrected chi connectivity index (χ0v) is 21.4. The Hall–Kier alpha value is -0.149. The zero-order valence-electron chi connectivity index (χ0n) is 16.9. The summed E-state index contributed by atoms with van der Waals surface area (Å²) >= 11 is 0. The quantitative estimate of drug-likeness (QED) is 0.159. The van der Waals surface area contributed by atoms with Crippen LogP contribution in [0.3, 0.4) is 0 Å². The average molecular weight is 602 g/mol. The van der Waals surface area contributed by atoms with Gasteiger partial charge in [0.15, 0.2) is 0 Å². The average Bonchev–Trinajstić information content (AvgIpc) is 2.56. The molecule has 0 aliphatic rings. The number of carbonyl (C=O) groups is 2. The topological polar surface area (TPSA) is 168 Å². The van der Waals surface area contributed by atoms with Crippen molar-refractivity contribution in [2.75, 3.05) is 66.7 Å².